The topological polar surface area (TPSA) is 579 Å². The van der Waals surface area contributed by atoms with Gasteiger partial charge in [-0.3, -0.25) is 32.9 Å². The first-order valence-electron chi connectivity index (χ1n) is 37.5. The Morgan fingerprint density at radius 2 is 0.921 bits per heavy atom. The van der Waals surface area contributed by atoms with Crippen molar-refractivity contribution < 1.29 is 105 Å². The van der Waals surface area contributed by atoms with E-state index in [4.69, 9.17) is 66.3 Å². The normalized spacial score (nSPS) is 22.0. The number of carbonyl (C=O) groups excluding carboxylic acids is 6. The summed E-state index contributed by atoms with van der Waals surface area (Å²) in [5.74, 6) is -2.04. The number of alkyl halides is 3. The van der Waals surface area contributed by atoms with Crippen LogP contribution in [-0.4, -0.2) is 205 Å². The lowest BCUT2D eigenvalue weighted by molar-refractivity contribution is -0.142. The SMILES string of the molecule is COC(=O)[C@@H](N)Cc1ccccc1.Cl.[N-]=[N+]=N[C@]1(CO)OC(n2ccc(N[C@@H](Cc3ccccc3)OC=O)nc2=O)[C@@H](F)C1O.[N-]=[N+]=N[C@]1(CO)OC(n2ccc(N[C@H](COC=O)Cc3ccccc3)nc2=O)[C@@H](F)C1O.[N-]=[N+]=N[C@]1(COC(=O)c2cccc(Cl)c2)OC(n2ccc(N[C@H](COC=O)Cc3ccccc3)nc2=O)[C@@H](F)C1OC(=O)c1ccccc1. The zero-order valence-corrected chi connectivity index (χ0v) is 67.7. The molecule has 664 valence electrons. The molecule has 9 N–H and O–H groups in total. The molecule has 3 saturated heterocycles. The van der Waals surface area contributed by atoms with Crippen molar-refractivity contribution >= 4 is 78.8 Å². The Labute approximate surface area is 723 Å². The molecule has 6 heterocycles. The van der Waals surface area contributed by atoms with E-state index in [1.807, 2.05) is 121 Å². The summed E-state index contributed by atoms with van der Waals surface area (Å²) in [5, 5.41) is 57.9. The molecule has 3 aromatic heterocycles. The van der Waals surface area contributed by atoms with Crippen LogP contribution in [0.25, 0.3) is 31.3 Å². The summed E-state index contributed by atoms with van der Waals surface area (Å²) in [6.45, 7) is -2.06. The maximum atomic E-state index is 16.4. The molecule has 3 fully saturated rings. The number of halogens is 5. The molecule has 0 radical (unpaired) electrons. The van der Waals surface area contributed by atoms with E-state index in [2.05, 4.69) is 65.7 Å². The number of azide groups is 3. The number of aliphatic hydroxyl groups excluding tert-OH is 4. The van der Waals surface area contributed by atoms with E-state index >= 15 is 4.39 Å². The van der Waals surface area contributed by atoms with E-state index in [0.717, 1.165) is 42.2 Å². The smallest absolute Gasteiger partial charge is 0.351 e. The summed E-state index contributed by atoms with van der Waals surface area (Å²) < 4.78 is 94.3. The number of nitrogens with one attached hydrogen (secondary N) is 3. The Morgan fingerprint density at radius 3 is 1.31 bits per heavy atom. The quantitative estimate of drug-likeness (QED) is 0.00358. The number of methoxy groups -OCH3 is 1. The van der Waals surface area contributed by atoms with Crippen LogP contribution in [0.2, 0.25) is 5.02 Å². The zero-order chi connectivity index (χ0) is 90.1. The summed E-state index contributed by atoms with van der Waals surface area (Å²) in [5.41, 5.74) is 26.3. The van der Waals surface area contributed by atoms with Gasteiger partial charge in [0, 0.05) is 44.8 Å². The first-order valence-corrected chi connectivity index (χ1v) is 37.9. The average molecular weight is 1790 g/mol. The molecule has 126 heavy (non-hydrogen) atoms. The van der Waals surface area contributed by atoms with Crippen LogP contribution in [0.15, 0.2) is 242 Å². The summed E-state index contributed by atoms with van der Waals surface area (Å²) in [7, 11) is 1.34. The van der Waals surface area contributed by atoms with E-state index < -0.39 is 146 Å². The largest absolute Gasteiger partial charge is 0.468 e. The fourth-order valence-corrected chi connectivity index (χ4v) is 13.0. The third kappa shape index (κ3) is 25.9. The van der Waals surface area contributed by atoms with Gasteiger partial charge in [0.1, 0.15) is 55.5 Å². The lowest BCUT2D eigenvalue weighted by atomic mass is 10.1. The van der Waals surface area contributed by atoms with E-state index in [-0.39, 0.29) is 71.7 Å². The highest BCUT2D eigenvalue weighted by Gasteiger charge is 2.61. The van der Waals surface area contributed by atoms with Crippen LogP contribution in [0.1, 0.15) is 61.7 Å². The van der Waals surface area contributed by atoms with Crippen molar-refractivity contribution in [1.29, 1.82) is 0 Å². The molecule has 0 amide bonds. The van der Waals surface area contributed by atoms with E-state index in [1.54, 1.807) is 18.2 Å². The Kier molecular flexibility index (Phi) is 37.0. The maximum Gasteiger partial charge on any atom is 0.351 e. The summed E-state index contributed by atoms with van der Waals surface area (Å²) in [6, 6.07) is 53.4. The lowest BCUT2D eigenvalue weighted by Gasteiger charge is -2.28. The number of nitrogens with zero attached hydrogens (tertiary/aromatic N) is 15. The van der Waals surface area contributed by atoms with Gasteiger partial charge in [-0.15, -0.1) is 12.4 Å². The van der Waals surface area contributed by atoms with Crippen LogP contribution < -0.4 is 38.8 Å². The van der Waals surface area contributed by atoms with Crippen molar-refractivity contribution in [1.82, 2.24) is 28.7 Å². The van der Waals surface area contributed by atoms with Crippen molar-refractivity contribution in [3.8, 4) is 0 Å². The van der Waals surface area contributed by atoms with Crippen molar-refractivity contribution in [3.05, 3.63) is 314 Å². The second kappa shape index (κ2) is 47.7. The van der Waals surface area contributed by atoms with Crippen molar-refractivity contribution in [2.45, 2.75) is 123 Å². The predicted molar refractivity (Wildman–Crippen MR) is 441 cm³/mol. The molecule has 0 saturated carbocycles. The van der Waals surface area contributed by atoms with Crippen LogP contribution in [0.4, 0.5) is 30.6 Å². The highest BCUT2D eigenvalue weighted by molar-refractivity contribution is 6.30. The van der Waals surface area contributed by atoms with Gasteiger partial charge in [-0.2, -0.15) is 15.0 Å². The number of hydrogen-bond acceptors (Lipinski definition) is 32. The van der Waals surface area contributed by atoms with E-state index in [1.165, 1.54) is 74.1 Å². The number of anilines is 3. The molecule has 3 aliphatic rings. The molecule has 6 aromatic carbocycles. The Balaban J connectivity index is 0.000000224. The molecule has 16 atom stereocenters. The number of rotatable bonds is 36. The van der Waals surface area contributed by atoms with E-state index in [9.17, 15) is 77.9 Å². The molecule has 46 heteroatoms. The van der Waals surface area contributed by atoms with Crippen molar-refractivity contribution in [2.75, 3.05) is 56.1 Å². The minimum atomic E-state index is -2.46. The van der Waals surface area contributed by atoms with Crippen molar-refractivity contribution in [3.63, 3.8) is 0 Å². The van der Waals surface area contributed by atoms with Crippen LogP contribution >= 0.6 is 24.0 Å². The van der Waals surface area contributed by atoms with Gasteiger partial charge in [0.25, 0.3) is 19.4 Å². The Bertz CT molecular complexity index is 5440. The lowest BCUT2D eigenvalue weighted by Crippen LogP contribution is -2.47. The van der Waals surface area contributed by atoms with Gasteiger partial charge >= 0.3 is 35.0 Å². The number of nitrogens with two attached hydrogens (primary N) is 1. The van der Waals surface area contributed by atoms with Gasteiger partial charge in [-0.05, 0) is 107 Å². The molecule has 0 aliphatic carbocycles. The third-order valence-corrected chi connectivity index (χ3v) is 19.1. The molecule has 12 rings (SSSR count). The van der Waals surface area contributed by atoms with Gasteiger partial charge in [-0.25, -0.2) is 37.1 Å². The fourth-order valence-electron chi connectivity index (χ4n) is 12.8. The van der Waals surface area contributed by atoms with E-state index in [0.29, 0.717) is 38.6 Å². The summed E-state index contributed by atoms with van der Waals surface area (Å²) in [6.07, 6.45) is -13.5. The molecular formula is C80H82Cl2F3N19O22. The molecule has 9 aromatic rings. The van der Waals surface area contributed by atoms with Gasteiger partial charge in [0.15, 0.2) is 49.5 Å². The number of ether oxygens (including phenoxy) is 9. The van der Waals surface area contributed by atoms with Crippen LogP contribution in [-0.2, 0) is 87.5 Å². The average Bonchev–Trinajstić information content (AvgIpc) is 1.61. The number of aromatic nitrogens is 6. The Hall–Kier alpha value is -13.8. The molecule has 6 unspecified atom stereocenters. The molecule has 0 spiro atoms. The van der Waals surface area contributed by atoms with Gasteiger partial charge < -0.3 is 84.7 Å². The zero-order valence-electron chi connectivity index (χ0n) is 66.2. The van der Waals surface area contributed by atoms with Crippen LogP contribution in [0.3, 0.4) is 0 Å². The second-order valence-electron chi connectivity index (χ2n) is 27.2. The standard InChI is InChI=1S/C33H28ClFN6O8.C19H21FN6O6.C18H19FN6O6.C10H13NO2.ClH/c34-24-13-7-12-23(17-24)30(43)47-19-33(39-40-36)28(48-31(44)22-10-5-2-6-11-22)27(35)29(49-33)41-15-14-26(38-32(41)45)37-25(18-46-20-42)16-21-8-3-1-4-9-21;20-15-16(29)19(10-27,24-25-21)32-17(15)26-7-6-14(23-18(26)30)22-13(9-31-11-28)8-12-4-2-1-3-5-12;19-14-15(28)18(9-26,23-24-20)31-16(14)25-7-6-12(22-17(25)29)21-13(30-10-27)8-11-4-2-1-3-5-11;1-13-10(12)9(11)7-8-5-3-2-4-6-8;/h1-15,17,20,25,27-29H,16,18-19H2,(H,37,38,45);1-7,11,13,15-17,27,29H,8-10H2,(H,22,23,30);1-7,10,13-16,26,28H,8-9H2,(H,21,22,29);2-6,9H,7,11H2,1H3;1H/t25-,27-,28?,29?,33+;13-,15-,16?,17?,19+;13-,14+,15?,16?,18-;9-;/m0010./s1. The predicted octanol–water partition coefficient (Wildman–Crippen LogP) is 7.49. The van der Waals surface area contributed by atoms with Gasteiger partial charge in [0.2, 0.25) is 17.2 Å². The number of benzene rings is 6. The highest BCUT2D eigenvalue weighted by atomic mass is 35.5. The molecule has 41 nitrogen and oxygen atoms in total. The minimum Gasteiger partial charge on any atom is -0.468 e. The first-order chi connectivity index (χ1) is 60.3. The molecule has 0 bridgehead atoms. The number of aliphatic hydroxyl groups is 4. The number of esters is 3. The second-order valence-corrected chi connectivity index (χ2v) is 27.7. The number of hydrogen-bond donors (Lipinski definition) is 8. The van der Waals surface area contributed by atoms with Crippen molar-refractivity contribution in [2.24, 2.45) is 21.1 Å². The molecular weight excluding hydrogens is 1710 g/mol. The van der Waals surface area contributed by atoms with Crippen LogP contribution in [0.5, 0.6) is 0 Å². The Morgan fingerprint density at radius 1 is 0.540 bits per heavy atom. The van der Waals surface area contributed by atoms with Crippen LogP contribution in [0, 0.1) is 0 Å². The summed E-state index contributed by atoms with van der Waals surface area (Å²) in [4.78, 5) is 127. The first kappa shape index (κ1) is 97.6. The monoisotopic (exact) mass is 1790 g/mol. The number of carbonyl (C=O) groups is 6. The minimum absolute atomic E-state index is 0. The third-order valence-electron chi connectivity index (χ3n) is 18.9. The van der Waals surface area contributed by atoms with Gasteiger partial charge in [0.05, 0.1) is 43.5 Å². The summed E-state index contributed by atoms with van der Waals surface area (Å²) >= 11 is 5.98. The maximum absolute atomic E-state index is 16.4. The molecule has 3 aliphatic heterocycles. The highest BCUT2D eigenvalue weighted by Crippen LogP contribution is 2.44. The van der Waals surface area contributed by atoms with Gasteiger partial charge in [-0.1, -0.05) is 173 Å². The fraction of sp³-hybridized carbons (Fsp3) is 0.325.